The van der Waals surface area contributed by atoms with Crippen molar-refractivity contribution >= 4 is 22.0 Å². The number of anilines is 1. The zero-order valence-corrected chi connectivity index (χ0v) is 12.9. The number of aromatic hydroxyl groups is 1. The Morgan fingerprint density at radius 2 is 1.96 bits per heavy atom. The number of nitrogens with one attached hydrogen (secondary N) is 1. The molecule has 8 nitrogen and oxygen atoms in total. The Morgan fingerprint density at radius 3 is 2.52 bits per heavy atom. The van der Waals surface area contributed by atoms with Gasteiger partial charge in [-0.1, -0.05) is 0 Å². The Hall–Kier alpha value is -2.49. The zero-order valence-electron chi connectivity index (χ0n) is 12.1. The van der Waals surface area contributed by atoms with Crippen molar-refractivity contribution in [3.05, 3.63) is 47.3 Å². The maximum absolute atomic E-state index is 10.9. The van der Waals surface area contributed by atoms with Crippen LogP contribution in [0.2, 0.25) is 0 Å². The van der Waals surface area contributed by atoms with Crippen molar-refractivity contribution in [3.63, 3.8) is 0 Å². The predicted octanol–water partition coefficient (Wildman–Crippen LogP) is 1.28. The van der Waals surface area contributed by atoms with Crippen LogP contribution in [-0.2, 0) is 16.7 Å². The van der Waals surface area contributed by atoms with E-state index < -0.39 is 10.1 Å². The SMILES string of the molecule is Cc1ncc(CO)c(C=NNc2ccc(S(=O)(=O)O)cc2)c1O. The lowest BCUT2D eigenvalue weighted by atomic mass is 10.1. The van der Waals surface area contributed by atoms with Gasteiger partial charge in [0, 0.05) is 17.3 Å². The van der Waals surface area contributed by atoms with Crippen molar-refractivity contribution in [1.29, 1.82) is 0 Å². The van der Waals surface area contributed by atoms with E-state index in [-0.39, 0.29) is 17.3 Å². The van der Waals surface area contributed by atoms with Crippen LogP contribution in [0, 0.1) is 6.92 Å². The predicted molar refractivity (Wildman–Crippen MR) is 84.0 cm³/mol. The van der Waals surface area contributed by atoms with Crippen molar-refractivity contribution in [2.45, 2.75) is 18.4 Å². The molecule has 0 unspecified atom stereocenters. The van der Waals surface area contributed by atoms with Crippen molar-refractivity contribution < 1.29 is 23.2 Å². The average molecular weight is 337 g/mol. The number of aliphatic hydroxyl groups excluding tert-OH is 1. The summed E-state index contributed by atoms with van der Waals surface area (Å²) in [5.74, 6) is -0.0798. The first-order chi connectivity index (χ1) is 10.8. The van der Waals surface area contributed by atoms with Gasteiger partial charge < -0.3 is 10.2 Å². The van der Waals surface area contributed by atoms with Gasteiger partial charge in [0.2, 0.25) is 0 Å². The van der Waals surface area contributed by atoms with Gasteiger partial charge in [0.25, 0.3) is 10.1 Å². The highest BCUT2D eigenvalue weighted by atomic mass is 32.2. The summed E-state index contributed by atoms with van der Waals surface area (Å²) in [5.41, 5.74) is 4.28. The fourth-order valence-corrected chi connectivity index (χ4v) is 2.28. The molecule has 0 aliphatic rings. The topological polar surface area (TPSA) is 132 Å². The van der Waals surface area contributed by atoms with E-state index in [9.17, 15) is 18.6 Å². The third-order valence-electron chi connectivity index (χ3n) is 3.07. The van der Waals surface area contributed by atoms with Crippen LogP contribution in [0.25, 0.3) is 0 Å². The highest BCUT2D eigenvalue weighted by molar-refractivity contribution is 7.85. The number of pyridine rings is 1. The Morgan fingerprint density at radius 1 is 1.30 bits per heavy atom. The lowest BCUT2D eigenvalue weighted by molar-refractivity contribution is 0.280. The van der Waals surface area contributed by atoms with Gasteiger partial charge >= 0.3 is 0 Å². The summed E-state index contributed by atoms with van der Waals surface area (Å²) in [6.45, 7) is 1.32. The van der Waals surface area contributed by atoms with E-state index in [1.807, 2.05) is 0 Å². The second-order valence-corrected chi connectivity index (χ2v) is 6.08. The number of aliphatic hydroxyl groups is 1. The molecule has 0 saturated heterocycles. The smallest absolute Gasteiger partial charge is 0.294 e. The number of nitrogens with zero attached hydrogens (tertiary/aromatic N) is 2. The van der Waals surface area contributed by atoms with Gasteiger partial charge in [0.15, 0.2) is 0 Å². The second-order valence-electron chi connectivity index (χ2n) is 4.66. The first-order valence-electron chi connectivity index (χ1n) is 6.48. The maximum atomic E-state index is 10.9. The molecule has 0 bridgehead atoms. The normalized spacial score (nSPS) is 11.8. The van der Waals surface area contributed by atoms with Gasteiger partial charge in [-0.25, -0.2) is 0 Å². The van der Waals surface area contributed by atoms with Crippen LogP contribution in [0.5, 0.6) is 5.75 Å². The monoisotopic (exact) mass is 337 g/mol. The Kier molecular flexibility index (Phi) is 4.94. The summed E-state index contributed by atoms with van der Waals surface area (Å²) in [6.07, 6.45) is 2.77. The molecule has 0 spiro atoms. The molecular weight excluding hydrogens is 322 g/mol. The van der Waals surface area contributed by atoms with Crippen molar-refractivity contribution in [1.82, 2.24) is 4.98 Å². The summed E-state index contributed by atoms with van der Waals surface area (Å²) in [4.78, 5) is 3.71. The van der Waals surface area contributed by atoms with Gasteiger partial charge in [-0.05, 0) is 31.2 Å². The van der Waals surface area contributed by atoms with Gasteiger partial charge in [-0.15, -0.1) is 0 Å². The molecule has 0 atom stereocenters. The maximum Gasteiger partial charge on any atom is 0.294 e. The average Bonchev–Trinajstić information content (AvgIpc) is 2.51. The molecule has 0 aliphatic heterocycles. The van der Waals surface area contributed by atoms with Crippen molar-refractivity contribution in [2.75, 3.05) is 5.43 Å². The summed E-state index contributed by atoms with van der Waals surface area (Å²) in [5, 5.41) is 23.1. The molecule has 2 rings (SSSR count). The van der Waals surface area contributed by atoms with E-state index in [1.165, 1.54) is 36.7 Å². The molecule has 0 radical (unpaired) electrons. The van der Waals surface area contributed by atoms with Crippen LogP contribution >= 0.6 is 0 Å². The lowest BCUT2D eigenvalue weighted by Crippen LogP contribution is -2.00. The highest BCUT2D eigenvalue weighted by Crippen LogP contribution is 2.22. The van der Waals surface area contributed by atoms with Crippen LogP contribution in [-0.4, -0.2) is 34.4 Å². The van der Waals surface area contributed by atoms with E-state index in [1.54, 1.807) is 6.92 Å². The van der Waals surface area contributed by atoms with Crippen LogP contribution in [0.3, 0.4) is 0 Å². The first kappa shape index (κ1) is 16.9. The van der Waals surface area contributed by atoms with E-state index in [2.05, 4.69) is 15.5 Å². The van der Waals surface area contributed by atoms with E-state index >= 15 is 0 Å². The minimum atomic E-state index is -4.24. The molecule has 2 aromatic rings. The van der Waals surface area contributed by atoms with Crippen LogP contribution in [0.1, 0.15) is 16.8 Å². The summed E-state index contributed by atoms with van der Waals surface area (Å²) >= 11 is 0. The zero-order chi connectivity index (χ0) is 17.0. The fraction of sp³-hybridized carbons (Fsp3) is 0.143. The molecule has 4 N–H and O–H groups in total. The fourth-order valence-electron chi connectivity index (χ4n) is 1.80. The molecule has 1 aromatic heterocycles. The van der Waals surface area contributed by atoms with E-state index in [0.717, 1.165) is 0 Å². The molecule has 122 valence electrons. The molecule has 1 aromatic carbocycles. The van der Waals surface area contributed by atoms with E-state index in [0.29, 0.717) is 22.5 Å². The Labute approximate surface area is 132 Å². The number of benzene rings is 1. The highest BCUT2D eigenvalue weighted by Gasteiger charge is 2.10. The molecule has 0 saturated carbocycles. The number of hydrogen-bond donors (Lipinski definition) is 4. The van der Waals surface area contributed by atoms with Gasteiger partial charge in [-0.2, -0.15) is 13.5 Å². The van der Waals surface area contributed by atoms with Gasteiger partial charge in [0.05, 0.1) is 29.1 Å². The number of aromatic nitrogens is 1. The minimum absolute atomic E-state index is 0.0798. The van der Waals surface area contributed by atoms with Crippen LogP contribution < -0.4 is 5.43 Å². The summed E-state index contributed by atoms with van der Waals surface area (Å²) in [6, 6.07) is 5.29. The summed E-state index contributed by atoms with van der Waals surface area (Å²) < 4.78 is 30.7. The third-order valence-corrected chi connectivity index (χ3v) is 3.94. The van der Waals surface area contributed by atoms with Crippen LogP contribution in [0.15, 0.2) is 40.5 Å². The Bertz CT molecular complexity index is 832. The summed E-state index contributed by atoms with van der Waals surface area (Å²) in [7, 11) is -4.24. The standard InChI is InChI=1S/C14H15N3O5S/c1-9-14(19)13(10(8-18)6-15-9)7-16-17-11-2-4-12(5-3-11)23(20,21)22/h2-7,17-19H,8H2,1H3,(H,20,21,22). The molecular formula is C14H15N3O5S. The minimum Gasteiger partial charge on any atom is -0.505 e. The number of hydrazone groups is 1. The van der Waals surface area contributed by atoms with Crippen molar-refractivity contribution in [3.8, 4) is 5.75 Å². The number of rotatable bonds is 5. The molecule has 9 heteroatoms. The van der Waals surface area contributed by atoms with Gasteiger partial charge in [-0.3, -0.25) is 15.0 Å². The van der Waals surface area contributed by atoms with E-state index in [4.69, 9.17) is 4.55 Å². The lowest BCUT2D eigenvalue weighted by Gasteiger charge is -2.07. The van der Waals surface area contributed by atoms with Crippen molar-refractivity contribution in [2.24, 2.45) is 5.10 Å². The quantitative estimate of drug-likeness (QED) is 0.367. The van der Waals surface area contributed by atoms with Gasteiger partial charge in [0.1, 0.15) is 5.75 Å². The largest absolute Gasteiger partial charge is 0.505 e. The Balaban J connectivity index is 2.18. The second kappa shape index (κ2) is 6.73. The molecule has 0 amide bonds. The molecule has 0 aliphatic carbocycles. The van der Waals surface area contributed by atoms with Crippen LogP contribution in [0.4, 0.5) is 5.69 Å². The number of hydrogen-bond acceptors (Lipinski definition) is 7. The number of aryl methyl sites for hydroxylation is 1. The molecule has 23 heavy (non-hydrogen) atoms. The molecule has 0 fully saturated rings. The third kappa shape index (κ3) is 4.03. The first-order valence-corrected chi connectivity index (χ1v) is 7.92. The molecule has 1 heterocycles.